The quantitative estimate of drug-likeness (QED) is 0.592. The number of halogens is 1. The molecule has 120 valence electrons. The van der Waals surface area contributed by atoms with Gasteiger partial charge in [-0.1, -0.05) is 18.2 Å². The SMILES string of the molecule is N#Cc1cccc(-c2ccc3c(cnn3-c3ccc(F)c(O)c3)c2)c1. The second-order valence-electron chi connectivity index (χ2n) is 5.66. The average molecular weight is 329 g/mol. The molecule has 5 heteroatoms. The van der Waals surface area contributed by atoms with Crippen molar-refractivity contribution in [2.45, 2.75) is 0 Å². The molecule has 0 radical (unpaired) electrons. The summed E-state index contributed by atoms with van der Waals surface area (Å²) in [7, 11) is 0. The van der Waals surface area contributed by atoms with Gasteiger partial charge in [0, 0.05) is 11.5 Å². The smallest absolute Gasteiger partial charge is 0.164 e. The summed E-state index contributed by atoms with van der Waals surface area (Å²) in [6, 6.07) is 19.5. The lowest BCUT2D eigenvalue weighted by atomic mass is 10.0. The van der Waals surface area contributed by atoms with Crippen LogP contribution in [0.1, 0.15) is 5.56 Å². The Morgan fingerprint density at radius 2 is 1.84 bits per heavy atom. The number of phenols is 1. The average Bonchev–Trinajstić information content (AvgIpc) is 3.07. The number of nitriles is 1. The number of rotatable bonds is 2. The van der Waals surface area contributed by atoms with Crippen LogP contribution in [0.25, 0.3) is 27.7 Å². The van der Waals surface area contributed by atoms with Crippen LogP contribution in [0.5, 0.6) is 5.75 Å². The van der Waals surface area contributed by atoms with Crippen LogP contribution in [0.15, 0.2) is 66.9 Å². The minimum absolute atomic E-state index is 0.411. The van der Waals surface area contributed by atoms with E-state index in [2.05, 4.69) is 11.2 Å². The van der Waals surface area contributed by atoms with Gasteiger partial charge in [-0.2, -0.15) is 10.4 Å². The van der Waals surface area contributed by atoms with Crippen molar-refractivity contribution in [1.82, 2.24) is 9.78 Å². The van der Waals surface area contributed by atoms with Gasteiger partial charge in [-0.05, 0) is 47.5 Å². The molecule has 0 amide bonds. The molecule has 0 saturated heterocycles. The zero-order valence-corrected chi connectivity index (χ0v) is 13.0. The molecule has 0 bridgehead atoms. The van der Waals surface area contributed by atoms with Crippen LogP contribution >= 0.6 is 0 Å². The van der Waals surface area contributed by atoms with Gasteiger partial charge in [0.1, 0.15) is 0 Å². The minimum atomic E-state index is -0.667. The van der Waals surface area contributed by atoms with E-state index >= 15 is 0 Å². The van der Waals surface area contributed by atoms with Crippen LogP contribution < -0.4 is 0 Å². The van der Waals surface area contributed by atoms with Gasteiger partial charge in [-0.15, -0.1) is 0 Å². The van der Waals surface area contributed by atoms with E-state index in [-0.39, 0.29) is 0 Å². The Morgan fingerprint density at radius 1 is 1.00 bits per heavy atom. The van der Waals surface area contributed by atoms with E-state index < -0.39 is 11.6 Å². The highest BCUT2D eigenvalue weighted by atomic mass is 19.1. The Labute approximate surface area is 143 Å². The number of nitrogens with zero attached hydrogens (tertiary/aromatic N) is 3. The van der Waals surface area contributed by atoms with Crippen LogP contribution in [0.4, 0.5) is 4.39 Å². The van der Waals surface area contributed by atoms with Crippen molar-refractivity contribution in [2.75, 3.05) is 0 Å². The number of benzene rings is 3. The van der Waals surface area contributed by atoms with E-state index in [0.29, 0.717) is 11.3 Å². The van der Waals surface area contributed by atoms with Crippen LogP contribution in [-0.4, -0.2) is 14.9 Å². The fourth-order valence-electron chi connectivity index (χ4n) is 2.82. The Bertz CT molecular complexity index is 1140. The molecule has 0 spiro atoms. The number of phenolic OH excluding ortho intramolecular Hbond substituents is 1. The van der Waals surface area contributed by atoms with E-state index in [1.807, 2.05) is 36.4 Å². The zero-order chi connectivity index (χ0) is 17.4. The largest absolute Gasteiger partial charge is 0.505 e. The van der Waals surface area contributed by atoms with Crippen molar-refractivity contribution >= 4 is 10.9 Å². The number of hydrogen-bond donors (Lipinski definition) is 1. The molecule has 1 aromatic heterocycles. The van der Waals surface area contributed by atoms with Gasteiger partial charge in [0.2, 0.25) is 0 Å². The summed E-state index contributed by atoms with van der Waals surface area (Å²) in [5, 5.41) is 23.9. The fourth-order valence-corrected chi connectivity index (χ4v) is 2.82. The van der Waals surface area contributed by atoms with Crippen molar-refractivity contribution in [1.29, 1.82) is 5.26 Å². The van der Waals surface area contributed by atoms with Gasteiger partial charge >= 0.3 is 0 Å². The topological polar surface area (TPSA) is 61.8 Å². The van der Waals surface area contributed by atoms with Crippen molar-refractivity contribution in [3.63, 3.8) is 0 Å². The molecule has 25 heavy (non-hydrogen) atoms. The lowest BCUT2D eigenvalue weighted by Gasteiger charge is -2.06. The van der Waals surface area contributed by atoms with Crippen molar-refractivity contribution in [2.24, 2.45) is 0 Å². The van der Waals surface area contributed by atoms with Crippen LogP contribution in [0, 0.1) is 17.1 Å². The maximum atomic E-state index is 13.3. The molecule has 3 aromatic carbocycles. The molecule has 0 aliphatic heterocycles. The zero-order valence-electron chi connectivity index (χ0n) is 13.0. The maximum absolute atomic E-state index is 13.3. The van der Waals surface area contributed by atoms with Crippen LogP contribution in [-0.2, 0) is 0 Å². The Hall–Kier alpha value is -3.65. The molecular weight excluding hydrogens is 317 g/mol. The highest BCUT2D eigenvalue weighted by Crippen LogP contribution is 2.27. The molecule has 0 fully saturated rings. The highest BCUT2D eigenvalue weighted by Gasteiger charge is 2.09. The maximum Gasteiger partial charge on any atom is 0.164 e. The molecule has 4 rings (SSSR count). The summed E-state index contributed by atoms with van der Waals surface area (Å²) >= 11 is 0. The van der Waals surface area contributed by atoms with Gasteiger partial charge < -0.3 is 5.11 Å². The lowest BCUT2D eigenvalue weighted by Crippen LogP contribution is -1.96. The van der Waals surface area contributed by atoms with Crippen molar-refractivity contribution < 1.29 is 9.50 Å². The third-order valence-electron chi connectivity index (χ3n) is 4.07. The summed E-state index contributed by atoms with van der Waals surface area (Å²) in [5.41, 5.74) is 3.95. The highest BCUT2D eigenvalue weighted by molar-refractivity contribution is 5.86. The Kier molecular flexibility index (Phi) is 3.44. The first-order valence-corrected chi connectivity index (χ1v) is 7.63. The number of hydrogen-bond acceptors (Lipinski definition) is 3. The first-order valence-electron chi connectivity index (χ1n) is 7.63. The summed E-state index contributed by atoms with van der Waals surface area (Å²) in [6.45, 7) is 0. The Balaban J connectivity index is 1.81. The molecule has 0 saturated carbocycles. The molecule has 0 unspecified atom stereocenters. The van der Waals surface area contributed by atoms with Crippen LogP contribution in [0.3, 0.4) is 0 Å². The minimum Gasteiger partial charge on any atom is -0.505 e. The third kappa shape index (κ3) is 2.60. The molecule has 0 aliphatic rings. The summed E-state index contributed by atoms with van der Waals surface area (Å²) in [5.74, 6) is -1.08. The molecule has 4 nitrogen and oxygen atoms in total. The molecule has 0 aliphatic carbocycles. The number of aromatic hydroxyl groups is 1. The molecular formula is C20H12FN3O. The van der Waals surface area contributed by atoms with Gasteiger partial charge in [0.25, 0.3) is 0 Å². The lowest BCUT2D eigenvalue weighted by molar-refractivity contribution is 0.432. The number of aromatic nitrogens is 2. The first-order chi connectivity index (χ1) is 12.2. The van der Waals surface area contributed by atoms with E-state index in [9.17, 15) is 9.50 Å². The van der Waals surface area contributed by atoms with Gasteiger partial charge in [-0.3, -0.25) is 0 Å². The van der Waals surface area contributed by atoms with E-state index in [1.165, 1.54) is 12.1 Å². The van der Waals surface area contributed by atoms with Gasteiger partial charge in [0.05, 0.1) is 29.0 Å². The van der Waals surface area contributed by atoms with Gasteiger partial charge in [-0.25, -0.2) is 9.07 Å². The predicted molar refractivity (Wildman–Crippen MR) is 92.8 cm³/mol. The van der Waals surface area contributed by atoms with Crippen LogP contribution in [0.2, 0.25) is 0 Å². The third-order valence-corrected chi connectivity index (χ3v) is 4.07. The molecule has 0 atom stereocenters. The van der Waals surface area contributed by atoms with Crippen molar-refractivity contribution in [3.8, 4) is 28.6 Å². The summed E-state index contributed by atoms with van der Waals surface area (Å²) in [4.78, 5) is 0. The van der Waals surface area contributed by atoms with Gasteiger partial charge in [0.15, 0.2) is 11.6 Å². The summed E-state index contributed by atoms with van der Waals surface area (Å²) in [6.07, 6.45) is 1.72. The fraction of sp³-hybridized carbons (Fsp3) is 0. The first kappa shape index (κ1) is 14.9. The van der Waals surface area contributed by atoms with E-state index in [1.54, 1.807) is 23.0 Å². The Morgan fingerprint density at radius 3 is 2.64 bits per heavy atom. The standard InChI is InChI=1S/C20H12FN3O/c21-18-6-5-17(10-20(18)25)24-19-7-4-15(9-16(19)12-23-24)14-3-1-2-13(8-14)11-22/h1-10,12,25H. The predicted octanol–water partition coefficient (Wildman–Crippen LogP) is 4.41. The summed E-state index contributed by atoms with van der Waals surface area (Å²) < 4.78 is 14.9. The van der Waals surface area contributed by atoms with E-state index in [4.69, 9.17) is 5.26 Å². The second kappa shape index (κ2) is 5.77. The second-order valence-corrected chi connectivity index (χ2v) is 5.66. The number of fused-ring (bicyclic) bond motifs is 1. The normalized spacial score (nSPS) is 10.7. The van der Waals surface area contributed by atoms with E-state index in [0.717, 1.165) is 22.0 Å². The van der Waals surface area contributed by atoms with Crippen molar-refractivity contribution in [3.05, 3.63) is 78.2 Å². The molecule has 1 heterocycles. The monoisotopic (exact) mass is 329 g/mol. The molecule has 4 aromatic rings. The molecule has 1 N–H and O–H groups in total.